The average molecular weight is 527 g/mol. The molecule has 4 rings (SSSR count). The fourth-order valence-electron chi connectivity index (χ4n) is 3.44. The van der Waals surface area contributed by atoms with E-state index in [-0.39, 0.29) is 11.7 Å². The van der Waals surface area contributed by atoms with Crippen molar-refractivity contribution in [3.63, 3.8) is 0 Å². The minimum atomic E-state index is -0.0663. The van der Waals surface area contributed by atoms with Gasteiger partial charge in [-0.15, -0.1) is 21.5 Å². The summed E-state index contributed by atoms with van der Waals surface area (Å²) >= 11 is 9.01. The highest BCUT2D eigenvalue weighted by atomic mass is 35.5. The maximum absolute atomic E-state index is 12.5. The van der Waals surface area contributed by atoms with E-state index in [2.05, 4.69) is 32.3 Å². The molecule has 0 aliphatic rings. The smallest absolute Gasteiger partial charge is 0.234 e. The standard InChI is InChI=1S/C25H27ClN6OS2/c1-3-4-11-32-22(14-21-15-34-24(29-21)28-20-10-6-8-18(26)13-20)30-31-25(32)35-16-23(33)27-19-9-5-7-17(2)12-19/h5-10,12-13,15H,3-4,11,14,16H2,1-2H3,(H,27,33)(H,28,29). The summed E-state index contributed by atoms with van der Waals surface area (Å²) in [6.45, 7) is 4.96. The molecule has 0 saturated heterocycles. The number of halogens is 1. The van der Waals surface area contributed by atoms with Gasteiger partial charge < -0.3 is 15.2 Å². The van der Waals surface area contributed by atoms with Crippen molar-refractivity contribution in [3.05, 3.63) is 76.0 Å². The minimum Gasteiger partial charge on any atom is -0.331 e. The van der Waals surface area contributed by atoms with Gasteiger partial charge in [0, 0.05) is 28.3 Å². The van der Waals surface area contributed by atoms with E-state index in [1.54, 1.807) is 0 Å². The Morgan fingerprint density at radius 1 is 1.14 bits per heavy atom. The molecule has 182 valence electrons. The maximum atomic E-state index is 12.5. The summed E-state index contributed by atoms with van der Waals surface area (Å²) < 4.78 is 2.11. The van der Waals surface area contributed by atoms with E-state index in [1.807, 2.05) is 60.8 Å². The van der Waals surface area contributed by atoms with Gasteiger partial charge in [-0.3, -0.25) is 4.79 Å². The minimum absolute atomic E-state index is 0.0663. The first-order chi connectivity index (χ1) is 17.0. The molecule has 2 heterocycles. The van der Waals surface area contributed by atoms with Crippen molar-refractivity contribution in [3.8, 4) is 0 Å². The highest BCUT2D eigenvalue weighted by Gasteiger charge is 2.16. The Kier molecular flexibility index (Phi) is 8.79. The number of carbonyl (C=O) groups is 1. The van der Waals surface area contributed by atoms with Crippen molar-refractivity contribution < 1.29 is 4.79 Å². The summed E-state index contributed by atoms with van der Waals surface area (Å²) in [5.41, 5.74) is 3.72. The number of unbranched alkanes of at least 4 members (excludes halogenated alkanes) is 1. The van der Waals surface area contributed by atoms with Crippen molar-refractivity contribution in [2.45, 2.75) is 44.8 Å². The van der Waals surface area contributed by atoms with Crippen LogP contribution < -0.4 is 10.6 Å². The lowest BCUT2D eigenvalue weighted by molar-refractivity contribution is -0.113. The van der Waals surface area contributed by atoms with Gasteiger partial charge in [-0.1, -0.05) is 54.9 Å². The molecule has 0 atom stereocenters. The number of hydrogen-bond donors (Lipinski definition) is 2. The summed E-state index contributed by atoms with van der Waals surface area (Å²) in [5.74, 6) is 1.05. The van der Waals surface area contributed by atoms with Gasteiger partial charge in [0.15, 0.2) is 10.3 Å². The van der Waals surface area contributed by atoms with Crippen molar-refractivity contribution in [1.29, 1.82) is 0 Å². The molecule has 0 saturated carbocycles. The van der Waals surface area contributed by atoms with Gasteiger partial charge in [-0.05, 0) is 49.2 Å². The van der Waals surface area contributed by atoms with Crippen LogP contribution in [0.15, 0.2) is 59.1 Å². The second kappa shape index (κ2) is 12.2. The number of thiazole rings is 1. The van der Waals surface area contributed by atoms with Crippen LogP contribution in [0.1, 0.15) is 36.8 Å². The fraction of sp³-hybridized carbons (Fsp3) is 0.280. The molecular weight excluding hydrogens is 500 g/mol. The third-order valence-electron chi connectivity index (χ3n) is 5.13. The Hall–Kier alpha value is -2.88. The molecule has 0 aliphatic carbocycles. The number of aromatic nitrogens is 4. The van der Waals surface area contributed by atoms with Gasteiger partial charge in [0.2, 0.25) is 5.91 Å². The van der Waals surface area contributed by atoms with Gasteiger partial charge in [0.25, 0.3) is 0 Å². The number of aryl methyl sites for hydroxylation is 1. The molecule has 10 heteroatoms. The van der Waals surface area contributed by atoms with Crippen LogP contribution in [0, 0.1) is 6.92 Å². The van der Waals surface area contributed by atoms with Crippen molar-refractivity contribution in [2.75, 3.05) is 16.4 Å². The number of thioether (sulfide) groups is 1. The van der Waals surface area contributed by atoms with Crippen LogP contribution in [0.2, 0.25) is 5.02 Å². The molecule has 0 radical (unpaired) electrons. The van der Waals surface area contributed by atoms with E-state index in [4.69, 9.17) is 16.6 Å². The lowest BCUT2D eigenvalue weighted by Gasteiger charge is -2.09. The van der Waals surface area contributed by atoms with Crippen LogP contribution in [-0.2, 0) is 17.8 Å². The van der Waals surface area contributed by atoms with Gasteiger partial charge >= 0.3 is 0 Å². The zero-order valence-electron chi connectivity index (χ0n) is 19.6. The number of anilines is 3. The fourth-order valence-corrected chi connectivity index (χ4v) is 5.15. The third kappa shape index (κ3) is 7.30. The predicted molar refractivity (Wildman–Crippen MR) is 145 cm³/mol. The molecule has 7 nitrogen and oxygen atoms in total. The highest BCUT2D eigenvalue weighted by Crippen LogP contribution is 2.25. The Morgan fingerprint density at radius 3 is 2.77 bits per heavy atom. The van der Waals surface area contributed by atoms with Crippen molar-refractivity contribution >= 4 is 57.1 Å². The number of benzene rings is 2. The van der Waals surface area contributed by atoms with Crippen molar-refractivity contribution in [2.24, 2.45) is 0 Å². The molecule has 2 aromatic carbocycles. The second-order valence-electron chi connectivity index (χ2n) is 8.07. The van der Waals surface area contributed by atoms with Crippen LogP contribution >= 0.6 is 34.7 Å². The largest absolute Gasteiger partial charge is 0.331 e. The van der Waals surface area contributed by atoms with Gasteiger partial charge in [-0.25, -0.2) is 4.98 Å². The van der Waals surface area contributed by atoms with Gasteiger partial charge in [-0.2, -0.15) is 0 Å². The lowest BCUT2D eigenvalue weighted by Crippen LogP contribution is -2.15. The van der Waals surface area contributed by atoms with Crippen LogP contribution in [0.4, 0.5) is 16.5 Å². The van der Waals surface area contributed by atoms with E-state index in [1.165, 1.54) is 23.1 Å². The molecule has 2 N–H and O–H groups in total. The monoisotopic (exact) mass is 526 g/mol. The Bertz CT molecular complexity index is 1290. The first-order valence-corrected chi connectivity index (χ1v) is 13.6. The first-order valence-electron chi connectivity index (χ1n) is 11.4. The Morgan fingerprint density at radius 2 is 1.97 bits per heavy atom. The molecule has 0 aliphatic heterocycles. The topological polar surface area (TPSA) is 84.7 Å². The normalized spacial score (nSPS) is 10.9. The van der Waals surface area contributed by atoms with E-state index >= 15 is 0 Å². The molecule has 0 bridgehead atoms. The number of rotatable bonds is 11. The zero-order valence-corrected chi connectivity index (χ0v) is 22.0. The summed E-state index contributed by atoms with van der Waals surface area (Å²) in [6.07, 6.45) is 2.63. The predicted octanol–water partition coefficient (Wildman–Crippen LogP) is 6.56. The molecule has 4 aromatic rings. The molecule has 0 spiro atoms. The number of amides is 1. The van der Waals surface area contributed by atoms with Crippen LogP contribution in [0.5, 0.6) is 0 Å². The summed E-state index contributed by atoms with van der Waals surface area (Å²) in [5, 5.41) is 19.3. The molecule has 0 fully saturated rings. The summed E-state index contributed by atoms with van der Waals surface area (Å²) in [6, 6.07) is 15.3. The third-order valence-corrected chi connectivity index (χ3v) is 7.14. The van der Waals surface area contributed by atoms with E-state index in [0.29, 0.717) is 11.4 Å². The Labute approximate surface area is 218 Å². The highest BCUT2D eigenvalue weighted by molar-refractivity contribution is 7.99. The number of nitrogens with one attached hydrogen (secondary N) is 2. The number of hydrogen-bond acceptors (Lipinski definition) is 7. The van der Waals surface area contributed by atoms with E-state index in [0.717, 1.165) is 58.1 Å². The maximum Gasteiger partial charge on any atom is 0.234 e. The Balaban J connectivity index is 1.40. The second-order valence-corrected chi connectivity index (χ2v) is 10.3. The van der Waals surface area contributed by atoms with Crippen LogP contribution in [-0.4, -0.2) is 31.4 Å². The van der Waals surface area contributed by atoms with Crippen LogP contribution in [0.3, 0.4) is 0 Å². The number of carbonyl (C=O) groups excluding carboxylic acids is 1. The van der Waals surface area contributed by atoms with Crippen molar-refractivity contribution in [1.82, 2.24) is 19.7 Å². The molecule has 35 heavy (non-hydrogen) atoms. The first kappa shape index (κ1) is 25.2. The molecule has 2 aromatic heterocycles. The van der Waals surface area contributed by atoms with E-state index in [9.17, 15) is 4.79 Å². The quantitative estimate of drug-likeness (QED) is 0.215. The van der Waals surface area contributed by atoms with Crippen LogP contribution in [0.25, 0.3) is 0 Å². The zero-order chi connectivity index (χ0) is 24.6. The lowest BCUT2D eigenvalue weighted by atomic mass is 10.2. The summed E-state index contributed by atoms with van der Waals surface area (Å²) in [7, 11) is 0. The van der Waals surface area contributed by atoms with Gasteiger partial charge in [0.05, 0.1) is 17.9 Å². The molecule has 1 amide bonds. The van der Waals surface area contributed by atoms with Gasteiger partial charge in [0.1, 0.15) is 5.82 Å². The van der Waals surface area contributed by atoms with E-state index < -0.39 is 0 Å². The SMILES string of the molecule is CCCCn1c(Cc2csc(Nc3cccc(Cl)c3)n2)nnc1SCC(=O)Nc1cccc(C)c1. The average Bonchev–Trinajstić information content (AvgIpc) is 3.43. The number of nitrogens with zero attached hydrogens (tertiary/aromatic N) is 4. The summed E-state index contributed by atoms with van der Waals surface area (Å²) in [4.78, 5) is 17.2. The molecular formula is C25H27ClN6OS2. The molecule has 0 unspecified atom stereocenters.